The normalized spacial score (nSPS) is 11.6. The quantitative estimate of drug-likeness (QED) is 0.270. The fraction of sp³-hybridized carbons (Fsp3) is 0.188. The van der Waals surface area contributed by atoms with Crippen molar-refractivity contribution in [3.63, 3.8) is 0 Å². The Morgan fingerprint density at radius 1 is 1.23 bits per heavy atom. The number of rotatable bonds is 5. The first-order chi connectivity index (χ1) is 14.0. The van der Waals surface area contributed by atoms with Crippen molar-refractivity contribution in [3.05, 3.63) is 62.8 Å². The summed E-state index contributed by atoms with van der Waals surface area (Å²) in [7, 11) is 1.17. The molecule has 158 valence electrons. The van der Waals surface area contributed by atoms with Crippen LogP contribution in [0.3, 0.4) is 0 Å². The Labute approximate surface area is 169 Å². The van der Waals surface area contributed by atoms with Crippen LogP contribution in [0.15, 0.2) is 24.5 Å². The van der Waals surface area contributed by atoms with Crippen LogP contribution in [-0.4, -0.2) is 24.4 Å². The first kappa shape index (κ1) is 21.4. The van der Waals surface area contributed by atoms with Crippen molar-refractivity contribution in [2.75, 3.05) is 5.32 Å². The van der Waals surface area contributed by atoms with Crippen molar-refractivity contribution in [1.82, 2.24) is 19.5 Å². The SMILES string of the molecule is Cn1cc(C(F)(F)F)nc1-c1c(F)cc(CNc2nc(Cl)ncc2[N+](=O)[O-])cc1F. The van der Waals surface area contributed by atoms with Gasteiger partial charge >= 0.3 is 11.9 Å². The molecule has 3 rings (SSSR count). The van der Waals surface area contributed by atoms with Crippen LogP contribution in [0.5, 0.6) is 0 Å². The molecule has 8 nitrogen and oxygen atoms in total. The average Bonchev–Trinajstić information content (AvgIpc) is 3.01. The molecule has 0 spiro atoms. The Hall–Kier alpha value is -3.35. The highest BCUT2D eigenvalue weighted by Gasteiger charge is 2.35. The lowest BCUT2D eigenvalue weighted by atomic mass is 10.1. The first-order valence-electron chi connectivity index (χ1n) is 7.97. The lowest BCUT2D eigenvalue weighted by Gasteiger charge is -2.10. The fourth-order valence-corrected chi connectivity index (χ4v) is 2.71. The molecule has 0 saturated heterocycles. The number of imidazole rings is 1. The van der Waals surface area contributed by atoms with Crippen molar-refractivity contribution in [2.24, 2.45) is 7.05 Å². The van der Waals surface area contributed by atoms with E-state index in [2.05, 4.69) is 20.3 Å². The molecule has 2 aromatic heterocycles. The third kappa shape index (κ3) is 4.30. The summed E-state index contributed by atoms with van der Waals surface area (Å²) in [5, 5.41) is 13.2. The van der Waals surface area contributed by atoms with Crippen LogP contribution in [0.1, 0.15) is 11.3 Å². The van der Waals surface area contributed by atoms with Gasteiger partial charge in [0.15, 0.2) is 5.69 Å². The Morgan fingerprint density at radius 3 is 2.40 bits per heavy atom. The molecule has 30 heavy (non-hydrogen) atoms. The van der Waals surface area contributed by atoms with Crippen LogP contribution in [-0.2, 0) is 19.8 Å². The second-order valence-electron chi connectivity index (χ2n) is 5.98. The third-order valence-electron chi connectivity index (χ3n) is 3.89. The van der Waals surface area contributed by atoms with Gasteiger partial charge in [0.2, 0.25) is 11.1 Å². The summed E-state index contributed by atoms with van der Waals surface area (Å²) >= 11 is 5.60. The summed E-state index contributed by atoms with van der Waals surface area (Å²) < 4.78 is 68.3. The largest absolute Gasteiger partial charge is 0.434 e. The lowest BCUT2D eigenvalue weighted by molar-refractivity contribution is -0.384. The summed E-state index contributed by atoms with van der Waals surface area (Å²) in [5.74, 6) is -3.15. The van der Waals surface area contributed by atoms with Gasteiger partial charge in [-0.1, -0.05) is 0 Å². The third-order valence-corrected chi connectivity index (χ3v) is 4.07. The lowest BCUT2D eigenvalue weighted by Crippen LogP contribution is -2.07. The zero-order valence-electron chi connectivity index (χ0n) is 14.8. The van der Waals surface area contributed by atoms with Crippen molar-refractivity contribution in [2.45, 2.75) is 12.7 Å². The maximum Gasteiger partial charge on any atom is 0.434 e. The number of benzene rings is 1. The van der Waals surface area contributed by atoms with E-state index in [4.69, 9.17) is 11.6 Å². The van der Waals surface area contributed by atoms with E-state index in [1.165, 1.54) is 7.05 Å². The molecule has 0 aliphatic rings. The van der Waals surface area contributed by atoms with Gasteiger partial charge in [0, 0.05) is 19.8 Å². The summed E-state index contributed by atoms with van der Waals surface area (Å²) in [5.41, 5.74) is -2.54. The van der Waals surface area contributed by atoms with Crippen LogP contribution in [0.2, 0.25) is 5.28 Å². The summed E-state index contributed by atoms with van der Waals surface area (Å²) in [6.07, 6.45) is -3.30. The van der Waals surface area contributed by atoms with Gasteiger partial charge in [-0.2, -0.15) is 18.2 Å². The predicted molar refractivity (Wildman–Crippen MR) is 94.6 cm³/mol. The molecule has 0 aliphatic heterocycles. The van der Waals surface area contributed by atoms with Gasteiger partial charge in [0.05, 0.1) is 10.5 Å². The average molecular weight is 449 g/mol. The molecule has 0 unspecified atom stereocenters. The van der Waals surface area contributed by atoms with Gasteiger partial charge in [-0.25, -0.2) is 18.7 Å². The summed E-state index contributed by atoms with van der Waals surface area (Å²) in [6.45, 7) is -0.295. The van der Waals surface area contributed by atoms with Crippen molar-refractivity contribution in [3.8, 4) is 11.4 Å². The van der Waals surface area contributed by atoms with Crippen molar-refractivity contribution < 1.29 is 26.9 Å². The van der Waals surface area contributed by atoms with E-state index >= 15 is 0 Å². The minimum absolute atomic E-state index is 0.00281. The number of aryl methyl sites for hydroxylation is 1. The minimum atomic E-state index is -4.78. The van der Waals surface area contributed by atoms with Crippen molar-refractivity contribution in [1.29, 1.82) is 0 Å². The number of nitrogens with one attached hydrogen (secondary N) is 1. The molecular weight excluding hydrogens is 439 g/mol. The molecule has 1 aromatic carbocycles. The Kier molecular flexibility index (Phi) is 5.57. The number of hydrogen-bond acceptors (Lipinski definition) is 6. The van der Waals surface area contributed by atoms with E-state index in [0.717, 1.165) is 22.9 Å². The molecule has 0 saturated carbocycles. The highest BCUT2D eigenvalue weighted by atomic mass is 35.5. The number of hydrogen-bond donors (Lipinski definition) is 1. The zero-order valence-corrected chi connectivity index (χ0v) is 15.6. The summed E-state index contributed by atoms with van der Waals surface area (Å²) in [6, 6.07) is 1.73. The summed E-state index contributed by atoms with van der Waals surface area (Å²) in [4.78, 5) is 20.6. The minimum Gasteiger partial charge on any atom is -0.360 e. The predicted octanol–water partition coefficient (Wildman–Crippen LogP) is 4.35. The Morgan fingerprint density at radius 2 is 1.87 bits per heavy atom. The van der Waals surface area contributed by atoms with E-state index in [0.29, 0.717) is 6.20 Å². The number of halogens is 6. The molecule has 3 aromatic rings. The molecule has 0 fully saturated rings. The molecule has 14 heteroatoms. The fourth-order valence-electron chi connectivity index (χ4n) is 2.58. The van der Waals surface area contributed by atoms with E-state index in [-0.39, 0.29) is 23.2 Å². The van der Waals surface area contributed by atoms with E-state index in [9.17, 15) is 32.1 Å². The monoisotopic (exact) mass is 448 g/mol. The van der Waals surface area contributed by atoms with Crippen LogP contribution in [0, 0.1) is 21.7 Å². The van der Waals surface area contributed by atoms with Gasteiger partial charge < -0.3 is 9.88 Å². The van der Waals surface area contributed by atoms with Gasteiger partial charge in [-0.05, 0) is 29.3 Å². The molecule has 0 bridgehead atoms. The Balaban J connectivity index is 1.91. The van der Waals surface area contributed by atoms with Gasteiger partial charge in [-0.3, -0.25) is 10.1 Å². The van der Waals surface area contributed by atoms with E-state index in [1.54, 1.807) is 0 Å². The smallest absolute Gasteiger partial charge is 0.360 e. The van der Waals surface area contributed by atoms with Gasteiger partial charge in [0.25, 0.3) is 0 Å². The topological polar surface area (TPSA) is 98.8 Å². The molecular formula is C16H10ClF5N6O2. The molecule has 2 heterocycles. The number of nitrogens with zero attached hydrogens (tertiary/aromatic N) is 5. The Bertz CT molecular complexity index is 1110. The molecule has 0 amide bonds. The maximum atomic E-state index is 14.5. The van der Waals surface area contributed by atoms with Crippen LogP contribution in [0.4, 0.5) is 33.5 Å². The number of aromatic nitrogens is 4. The second-order valence-corrected chi connectivity index (χ2v) is 6.31. The van der Waals surface area contributed by atoms with E-state index in [1.807, 2.05) is 0 Å². The number of nitro groups is 1. The first-order valence-corrected chi connectivity index (χ1v) is 8.35. The zero-order chi connectivity index (χ0) is 22.2. The van der Waals surface area contributed by atoms with Crippen molar-refractivity contribution >= 4 is 23.1 Å². The van der Waals surface area contributed by atoms with Crippen LogP contribution >= 0.6 is 11.6 Å². The maximum absolute atomic E-state index is 14.5. The van der Waals surface area contributed by atoms with Crippen LogP contribution < -0.4 is 5.32 Å². The van der Waals surface area contributed by atoms with Gasteiger partial charge in [0.1, 0.15) is 23.7 Å². The molecule has 1 N–H and O–H groups in total. The molecule has 0 atom stereocenters. The highest BCUT2D eigenvalue weighted by Crippen LogP contribution is 2.33. The number of alkyl halides is 3. The molecule has 0 radical (unpaired) electrons. The molecule has 0 aliphatic carbocycles. The van der Waals surface area contributed by atoms with E-state index < -0.39 is 45.5 Å². The standard InChI is InChI=1S/C16H10ClF5N6O2/c1-27-6-11(16(20,21)22)25-14(27)12-8(18)2-7(3-9(12)19)4-23-13-10(28(29)30)5-24-15(17)26-13/h2-3,5-6H,4H2,1H3,(H,23,24,26). The highest BCUT2D eigenvalue weighted by molar-refractivity contribution is 6.28. The van der Waals surface area contributed by atoms with Gasteiger partial charge in [-0.15, -0.1) is 0 Å². The van der Waals surface area contributed by atoms with Crippen LogP contribution in [0.25, 0.3) is 11.4 Å². The second kappa shape index (κ2) is 7.82. The number of anilines is 1.